The molecule has 1 rings (SSSR count). The summed E-state index contributed by atoms with van der Waals surface area (Å²) >= 11 is 0. The fourth-order valence-corrected chi connectivity index (χ4v) is 2.22. The number of carbonyl (C=O) groups is 1. The van der Waals surface area contributed by atoms with Gasteiger partial charge in [0.25, 0.3) is 0 Å². The Labute approximate surface area is 110 Å². The molecule has 0 bridgehead atoms. The van der Waals surface area contributed by atoms with Gasteiger partial charge in [-0.05, 0) is 31.8 Å². The number of amides is 1. The lowest BCUT2D eigenvalue weighted by Gasteiger charge is -2.30. The Balaban J connectivity index is 2.40. The Hall–Kier alpha value is -0.650. The fourth-order valence-electron chi connectivity index (χ4n) is 2.22. The first-order valence-electron chi connectivity index (χ1n) is 6.75. The van der Waals surface area contributed by atoms with E-state index in [1.807, 2.05) is 0 Å². The maximum atomic E-state index is 11.8. The van der Waals surface area contributed by atoms with Gasteiger partial charge in [0.2, 0.25) is 5.91 Å². The molecule has 1 saturated heterocycles. The Morgan fingerprint density at radius 3 is 2.56 bits per heavy atom. The molecule has 5 nitrogen and oxygen atoms in total. The number of likely N-dealkylation sites (N-methyl/N-ethyl adjacent to an activating group) is 1. The summed E-state index contributed by atoms with van der Waals surface area (Å²) in [5, 5.41) is 3.37. The number of piperidine rings is 1. The highest BCUT2D eigenvalue weighted by molar-refractivity contribution is 5.77. The Bertz CT molecular complexity index is 240. The van der Waals surface area contributed by atoms with E-state index in [9.17, 15) is 4.79 Å². The Kier molecular flexibility index (Phi) is 7.23. The Morgan fingerprint density at radius 1 is 1.33 bits per heavy atom. The molecule has 0 saturated carbocycles. The molecule has 106 valence electrons. The van der Waals surface area contributed by atoms with Crippen LogP contribution < -0.4 is 5.32 Å². The number of methoxy groups -OCH3 is 1. The largest absolute Gasteiger partial charge is 0.383 e. The number of hydrogen-bond donors (Lipinski definition) is 1. The van der Waals surface area contributed by atoms with Crippen LogP contribution in [0.5, 0.6) is 0 Å². The second kappa shape index (κ2) is 8.45. The second-order valence-corrected chi connectivity index (χ2v) is 5.21. The van der Waals surface area contributed by atoms with Crippen molar-refractivity contribution in [2.24, 2.45) is 5.92 Å². The van der Waals surface area contributed by atoms with E-state index in [1.165, 1.54) is 12.8 Å². The van der Waals surface area contributed by atoms with Gasteiger partial charge in [0.1, 0.15) is 0 Å². The minimum atomic E-state index is 0.167. The van der Waals surface area contributed by atoms with Crippen LogP contribution >= 0.6 is 0 Å². The first-order valence-corrected chi connectivity index (χ1v) is 6.75. The molecule has 0 aromatic heterocycles. The molecule has 0 aliphatic carbocycles. The van der Waals surface area contributed by atoms with Gasteiger partial charge in [-0.15, -0.1) is 0 Å². The van der Waals surface area contributed by atoms with Crippen LogP contribution in [0.25, 0.3) is 0 Å². The van der Waals surface area contributed by atoms with E-state index in [2.05, 4.69) is 10.2 Å². The van der Waals surface area contributed by atoms with Gasteiger partial charge in [-0.3, -0.25) is 9.69 Å². The molecule has 1 amide bonds. The van der Waals surface area contributed by atoms with Crippen molar-refractivity contribution in [2.75, 3.05) is 60.5 Å². The average molecular weight is 257 g/mol. The minimum Gasteiger partial charge on any atom is -0.383 e. The van der Waals surface area contributed by atoms with E-state index in [1.54, 1.807) is 26.1 Å². The van der Waals surface area contributed by atoms with Gasteiger partial charge in [-0.2, -0.15) is 0 Å². The van der Waals surface area contributed by atoms with E-state index < -0.39 is 0 Å². The minimum absolute atomic E-state index is 0.167. The van der Waals surface area contributed by atoms with Gasteiger partial charge in [0.15, 0.2) is 0 Å². The Morgan fingerprint density at radius 2 is 2.00 bits per heavy atom. The van der Waals surface area contributed by atoms with Gasteiger partial charge in [0, 0.05) is 34.3 Å². The van der Waals surface area contributed by atoms with Crippen LogP contribution in [0.1, 0.15) is 12.8 Å². The topological polar surface area (TPSA) is 44.8 Å². The lowest BCUT2D eigenvalue weighted by atomic mass is 9.97. The second-order valence-electron chi connectivity index (χ2n) is 5.21. The highest BCUT2D eigenvalue weighted by Crippen LogP contribution is 2.13. The number of rotatable bonds is 7. The van der Waals surface area contributed by atoms with E-state index in [0.29, 0.717) is 19.1 Å². The lowest BCUT2D eigenvalue weighted by Crippen LogP contribution is -2.42. The van der Waals surface area contributed by atoms with Gasteiger partial charge < -0.3 is 15.0 Å². The maximum Gasteiger partial charge on any atom is 0.236 e. The molecule has 1 aliphatic heterocycles. The molecule has 0 aromatic rings. The summed E-state index contributed by atoms with van der Waals surface area (Å²) in [6.45, 7) is 5.23. The smallest absolute Gasteiger partial charge is 0.236 e. The summed E-state index contributed by atoms with van der Waals surface area (Å²) in [6, 6.07) is 0. The predicted molar refractivity (Wildman–Crippen MR) is 72.6 cm³/mol. The van der Waals surface area contributed by atoms with Crippen molar-refractivity contribution in [1.29, 1.82) is 0 Å². The van der Waals surface area contributed by atoms with Crippen LogP contribution in [-0.4, -0.2) is 76.2 Å². The zero-order chi connectivity index (χ0) is 13.4. The van der Waals surface area contributed by atoms with Gasteiger partial charge in [0.05, 0.1) is 13.2 Å². The summed E-state index contributed by atoms with van der Waals surface area (Å²) in [4.78, 5) is 15.7. The third kappa shape index (κ3) is 5.80. The maximum absolute atomic E-state index is 11.8. The van der Waals surface area contributed by atoms with Gasteiger partial charge >= 0.3 is 0 Å². The molecule has 0 aromatic carbocycles. The van der Waals surface area contributed by atoms with E-state index in [0.717, 1.165) is 26.2 Å². The lowest BCUT2D eigenvalue weighted by molar-refractivity contribution is -0.130. The zero-order valence-corrected chi connectivity index (χ0v) is 11.9. The predicted octanol–water partition coefficient (Wildman–Crippen LogP) is 0.0226. The van der Waals surface area contributed by atoms with Crippen LogP contribution in [-0.2, 0) is 9.53 Å². The van der Waals surface area contributed by atoms with Crippen LogP contribution in [0.3, 0.4) is 0 Å². The SMILES string of the molecule is COCCN(CC(=O)N(C)C)CC1CCNCC1. The van der Waals surface area contributed by atoms with Crippen molar-refractivity contribution in [3.05, 3.63) is 0 Å². The molecule has 1 N–H and O–H groups in total. The van der Waals surface area contributed by atoms with Crippen molar-refractivity contribution in [2.45, 2.75) is 12.8 Å². The average Bonchev–Trinajstić information content (AvgIpc) is 2.37. The molecule has 0 atom stereocenters. The summed E-state index contributed by atoms with van der Waals surface area (Å²) in [7, 11) is 5.32. The van der Waals surface area contributed by atoms with E-state index >= 15 is 0 Å². The van der Waals surface area contributed by atoms with E-state index in [-0.39, 0.29) is 5.91 Å². The fraction of sp³-hybridized carbons (Fsp3) is 0.923. The molecule has 0 unspecified atom stereocenters. The molecule has 1 aliphatic rings. The zero-order valence-electron chi connectivity index (χ0n) is 11.9. The third-order valence-corrected chi connectivity index (χ3v) is 3.44. The number of carbonyl (C=O) groups excluding carboxylic acids is 1. The summed E-state index contributed by atoms with van der Waals surface area (Å²) in [5.74, 6) is 0.873. The van der Waals surface area contributed by atoms with Crippen molar-refractivity contribution < 1.29 is 9.53 Å². The standard InChI is InChI=1S/C13H27N3O2/c1-15(2)13(17)11-16(8-9-18-3)10-12-4-6-14-7-5-12/h12,14H,4-11H2,1-3H3. The van der Waals surface area contributed by atoms with Gasteiger partial charge in [-0.1, -0.05) is 0 Å². The highest BCUT2D eigenvalue weighted by Gasteiger charge is 2.19. The van der Waals surface area contributed by atoms with Crippen molar-refractivity contribution in [1.82, 2.24) is 15.1 Å². The molecule has 0 radical (unpaired) electrons. The summed E-state index contributed by atoms with van der Waals surface area (Å²) in [6.07, 6.45) is 2.42. The first-order chi connectivity index (χ1) is 8.63. The summed E-state index contributed by atoms with van der Waals surface area (Å²) in [5.41, 5.74) is 0. The molecule has 1 fully saturated rings. The molecule has 1 heterocycles. The normalized spacial score (nSPS) is 17.1. The number of nitrogens with one attached hydrogen (secondary N) is 1. The number of nitrogens with zero attached hydrogens (tertiary/aromatic N) is 2. The molecular formula is C13H27N3O2. The van der Waals surface area contributed by atoms with Crippen LogP contribution in [0.15, 0.2) is 0 Å². The quantitative estimate of drug-likeness (QED) is 0.698. The highest BCUT2D eigenvalue weighted by atomic mass is 16.5. The van der Waals surface area contributed by atoms with E-state index in [4.69, 9.17) is 4.74 Å². The van der Waals surface area contributed by atoms with Gasteiger partial charge in [-0.25, -0.2) is 0 Å². The van der Waals surface area contributed by atoms with Crippen molar-refractivity contribution >= 4 is 5.91 Å². The molecule has 18 heavy (non-hydrogen) atoms. The third-order valence-electron chi connectivity index (χ3n) is 3.44. The first kappa shape index (κ1) is 15.4. The number of hydrogen-bond acceptors (Lipinski definition) is 4. The molecule has 5 heteroatoms. The van der Waals surface area contributed by atoms with Crippen molar-refractivity contribution in [3.63, 3.8) is 0 Å². The summed E-state index contributed by atoms with van der Waals surface area (Å²) < 4.78 is 5.12. The molecule has 0 spiro atoms. The van der Waals surface area contributed by atoms with Crippen LogP contribution in [0.4, 0.5) is 0 Å². The molecular weight excluding hydrogens is 230 g/mol. The van der Waals surface area contributed by atoms with Crippen LogP contribution in [0, 0.1) is 5.92 Å². The van der Waals surface area contributed by atoms with Crippen molar-refractivity contribution in [3.8, 4) is 0 Å². The number of ether oxygens (including phenoxy) is 1. The monoisotopic (exact) mass is 257 g/mol. The van der Waals surface area contributed by atoms with Crippen LogP contribution in [0.2, 0.25) is 0 Å².